The third-order valence-corrected chi connectivity index (χ3v) is 5.17. The van der Waals surface area contributed by atoms with Gasteiger partial charge in [-0.3, -0.25) is 0 Å². The fraction of sp³-hybridized carbons (Fsp3) is 0.444. The minimum Gasteiger partial charge on any atom is -0.479 e. The van der Waals surface area contributed by atoms with Crippen LogP contribution < -0.4 is 0 Å². The smallest absolute Gasteiger partial charge is 0.344 e. The number of aliphatic hydroxyl groups is 2. The van der Waals surface area contributed by atoms with Crippen LogP contribution in [0.25, 0.3) is 0 Å². The van der Waals surface area contributed by atoms with Gasteiger partial charge in [-0.05, 0) is 36.5 Å². The highest BCUT2D eigenvalue weighted by atomic mass is 35.5. The van der Waals surface area contributed by atoms with Crippen LogP contribution in [-0.2, 0) is 9.63 Å². The molecule has 1 aromatic carbocycles. The third-order valence-electron chi connectivity index (χ3n) is 4.92. The van der Waals surface area contributed by atoms with Gasteiger partial charge in [0.05, 0.1) is 17.9 Å². The molecule has 0 aliphatic heterocycles. The number of hydrogen-bond acceptors (Lipinski definition) is 5. The molecular formula is C18H20ClNO5. The summed E-state index contributed by atoms with van der Waals surface area (Å²) in [7, 11) is 0. The Morgan fingerprint density at radius 2 is 2.12 bits per heavy atom. The summed E-state index contributed by atoms with van der Waals surface area (Å²) in [5.41, 5.74) is 1.54. The second-order valence-corrected chi connectivity index (χ2v) is 6.92. The zero-order valence-electron chi connectivity index (χ0n) is 13.5. The zero-order valence-corrected chi connectivity index (χ0v) is 14.2. The highest BCUT2D eigenvalue weighted by Gasteiger charge is 2.51. The van der Waals surface area contributed by atoms with Crippen LogP contribution in [0.1, 0.15) is 24.5 Å². The SMILES string of the molecule is O=C(O)CON=C1C[C@H]2C(C=CC(O)c3ccc(Cl)cc3)C(O)C[C@H]12. The Kier molecular flexibility index (Phi) is 5.42. The number of halogens is 1. The van der Waals surface area contributed by atoms with Gasteiger partial charge in [-0.15, -0.1) is 0 Å². The van der Waals surface area contributed by atoms with Crippen LogP contribution in [0.4, 0.5) is 0 Å². The molecule has 2 aliphatic rings. The summed E-state index contributed by atoms with van der Waals surface area (Å²) in [6, 6.07) is 6.97. The Hall–Kier alpha value is -1.89. The number of carboxylic acid groups (broad SMARTS) is 1. The highest BCUT2D eigenvalue weighted by Crippen LogP contribution is 2.49. The molecule has 0 heterocycles. The molecule has 7 heteroatoms. The molecule has 3 unspecified atom stereocenters. The van der Waals surface area contributed by atoms with Crippen molar-refractivity contribution in [3.8, 4) is 0 Å². The molecule has 0 radical (unpaired) electrons. The lowest BCUT2D eigenvalue weighted by Crippen LogP contribution is -2.36. The van der Waals surface area contributed by atoms with Crippen LogP contribution in [0.2, 0.25) is 5.02 Å². The molecule has 2 saturated carbocycles. The lowest BCUT2D eigenvalue weighted by molar-refractivity contribution is -0.142. The fourth-order valence-corrected chi connectivity index (χ4v) is 3.72. The summed E-state index contributed by atoms with van der Waals surface area (Å²) in [6.07, 6.45) is 3.55. The number of aliphatic carboxylic acids is 1. The molecule has 2 aliphatic carbocycles. The van der Waals surface area contributed by atoms with Gasteiger partial charge in [-0.25, -0.2) is 4.79 Å². The summed E-state index contributed by atoms with van der Waals surface area (Å²) < 4.78 is 0. The third kappa shape index (κ3) is 4.03. The monoisotopic (exact) mass is 365 g/mol. The van der Waals surface area contributed by atoms with Gasteiger partial charge >= 0.3 is 5.97 Å². The first-order chi connectivity index (χ1) is 12.0. The number of nitrogens with zero attached hydrogens (tertiary/aromatic N) is 1. The molecule has 0 saturated heterocycles. The van der Waals surface area contributed by atoms with Crippen molar-refractivity contribution in [3.63, 3.8) is 0 Å². The molecule has 25 heavy (non-hydrogen) atoms. The first-order valence-corrected chi connectivity index (χ1v) is 8.54. The number of fused-ring (bicyclic) bond motifs is 1. The maximum absolute atomic E-state index is 10.4. The molecule has 3 N–H and O–H groups in total. The molecular weight excluding hydrogens is 346 g/mol. The Morgan fingerprint density at radius 3 is 2.80 bits per heavy atom. The van der Waals surface area contributed by atoms with Crippen LogP contribution in [-0.4, -0.2) is 39.7 Å². The van der Waals surface area contributed by atoms with E-state index in [1.54, 1.807) is 30.3 Å². The molecule has 134 valence electrons. The van der Waals surface area contributed by atoms with Crippen molar-refractivity contribution in [2.45, 2.75) is 25.0 Å². The van der Waals surface area contributed by atoms with E-state index in [4.69, 9.17) is 21.5 Å². The van der Waals surface area contributed by atoms with Crippen LogP contribution in [0, 0.1) is 17.8 Å². The zero-order chi connectivity index (χ0) is 18.0. The van der Waals surface area contributed by atoms with E-state index in [0.717, 1.165) is 11.3 Å². The molecule has 0 spiro atoms. The van der Waals surface area contributed by atoms with E-state index >= 15 is 0 Å². The van der Waals surface area contributed by atoms with Gasteiger partial charge in [0.2, 0.25) is 6.61 Å². The number of benzene rings is 1. The van der Waals surface area contributed by atoms with Gasteiger partial charge in [0.25, 0.3) is 0 Å². The van der Waals surface area contributed by atoms with Crippen molar-refractivity contribution >= 4 is 23.3 Å². The quantitative estimate of drug-likeness (QED) is 0.531. The maximum atomic E-state index is 10.4. The minimum atomic E-state index is -1.07. The fourth-order valence-electron chi connectivity index (χ4n) is 3.59. The van der Waals surface area contributed by atoms with Crippen molar-refractivity contribution in [1.82, 2.24) is 0 Å². The van der Waals surface area contributed by atoms with Crippen LogP contribution in [0.15, 0.2) is 41.6 Å². The average molecular weight is 366 g/mol. The van der Waals surface area contributed by atoms with Crippen molar-refractivity contribution in [2.24, 2.45) is 22.9 Å². The minimum absolute atomic E-state index is 0.0506. The van der Waals surface area contributed by atoms with Gasteiger partial charge < -0.3 is 20.2 Å². The lowest BCUT2D eigenvalue weighted by atomic mass is 9.71. The second kappa shape index (κ2) is 7.56. The first-order valence-electron chi connectivity index (χ1n) is 8.16. The molecule has 5 atom stereocenters. The van der Waals surface area contributed by atoms with Gasteiger partial charge in [0.1, 0.15) is 0 Å². The largest absolute Gasteiger partial charge is 0.479 e. The second-order valence-electron chi connectivity index (χ2n) is 6.49. The topological polar surface area (TPSA) is 99.4 Å². The molecule has 2 fully saturated rings. The van der Waals surface area contributed by atoms with Crippen LogP contribution in [0.5, 0.6) is 0 Å². The van der Waals surface area contributed by atoms with E-state index in [2.05, 4.69) is 5.16 Å². The Labute approximate surface area is 150 Å². The summed E-state index contributed by atoms with van der Waals surface area (Å²) >= 11 is 5.84. The van der Waals surface area contributed by atoms with E-state index in [-0.39, 0.29) is 17.8 Å². The Bertz CT molecular complexity index is 687. The van der Waals surface area contributed by atoms with Gasteiger partial charge in [-0.2, -0.15) is 0 Å². The molecule has 3 rings (SSSR count). The van der Waals surface area contributed by atoms with Crippen molar-refractivity contribution < 1.29 is 25.0 Å². The number of carboxylic acids is 1. The Morgan fingerprint density at radius 1 is 1.40 bits per heavy atom. The molecule has 6 nitrogen and oxygen atoms in total. The summed E-state index contributed by atoms with van der Waals surface area (Å²) in [5, 5.41) is 33.5. The predicted octanol–water partition coefficient (Wildman–Crippen LogP) is 2.40. The number of aliphatic hydroxyl groups excluding tert-OH is 2. The van der Waals surface area contributed by atoms with Crippen molar-refractivity contribution in [2.75, 3.05) is 6.61 Å². The summed E-state index contributed by atoms with van der Waals surface area (Å²) in [5.74, 6) is -0.754. The van der Waals surface area contributed by atoms with Crippen LogP contribution in [0.3, 0.4) is 0 Å². The molecule has 0 bridgehead atoms. The van der Waals surface area contributed by atoms with Gasteiger partial charge in [0.15, 0.2) is 0 Å². The molecule has 0 aromatic heterocycles. The molecule has 0 amide bonds. The lowest BCUT2D eigenvalue weighted by Gasteiger charge is -2.34. The van der Waals surface area contributed by atoms with E-state index in [1.807, 2.05) is 6.08 Å². The van der Waals surface area contributed by atoms with E-state index < -0.39 is 24.8 Å². The summed E-state index contributed by atoms with van der Waals surface area (Å²) in [6.45, 7) is -0.458. The van der Waals surface area contributed by atoms with E-state index in [0.29, 0.717) is 17.9 Å². The highest BCUT2D eigenvalue weighted by molar-refractivity contribution is 6.30. The molecule has 1 aromatic rings. The number of hydrogen-bond donors (Lipinski definition) is 3. The van der Waals surface area contributed by atoms with Crippen molar-refractivity contribution in [3.05, 3.63) is 47.0 Å². The van der Waals surface area contributed by atoms with E-state index in [9.17, 15) is 15.0 Å². The van der Waals surface area contributed by atoms with E-state index in [1.165, 1.54) is 0 Å². The van der Waals surface area contributed by atoms with Gasteiger partial charge in [0, 0.05) is 16.9 Å². The average Bonchev–Trinajstić information content (AvgIpc) is 2.81. The Balaban J connectivity index is 1.59. The summed E-state index contributed by atoms with van der Waals surface area (Å²) in [4.78, 5) is 15.2. The van der Waals surface area contributed by atoms with Crippen LogP contribution >= 0.6 is 11.6 Å². The normalized spacial score (nSPS) is 30.9. The first kappa shape index (κ1) is 17.9. The predicted molar refractivity (Wildman–Crippen MR) is 92.3 cm³/mol. The number of rotatable bonds is 6. The van der Waals surface area contributed by atoms with Crippen molar-refractivity contribution in [1.29, 1.82) is 0 Å². The maximum Gasteiger partial charge on any atom is 0.344 e. The standard InChI is InChI=1S/C18H20ClNO5/c19-11-3-1-10(2-4-11)16(21)6-5-12-13-7-15(14(13)8-17(12)22)20-25-9-18(23)24/h1-6,12-14,16-17,21-22H,7-9H2,(H,23,24)/t12?,13-,14-,16?,17?/m0/s1. The number of carbonyl (C=O) groups is 1. The number of oxime groups is 1. The van der Waals surface area contributed by atoms with Gasteiger partial charge in [-0.1, -0.05) is 41.0 Å².